The van der Waals surface area contributed by atoms with Crippen LogP contribution in [0, 0.1) is 5.82 Å². The van der Waals surface area contributed by atoms with Crippen molar-refractivity contribution in [3.8, 4) is 0 Å². The van der Waals surface area contributed by atoms with Crippen molar-refractivity contribution in [3.05, 3.63) is 34.6 Å². The molecule has 17 heavy (non-hydrogen) atoms. The van der Waals surface area contributed by atoms with Gasteiger partial charge in [-0.05, 0) is 24.1 Å². The standard InChI is InChI=1S/C12H15ClFN3/c1-17-7-6-16-12(17)15-5-4-9-2-3-10(14)8-11(9)13/h2-3,8H,4-7H2,1H3,(H,15,16). The maximum atomic E-state index is 12.8. The van der Waals surface area contributed by atoms with Crippen LogP contribution in [0.2, 0.25) is 5.02 Å². The van der Waals surface area contributed by atoms with Crippen molar-refractivity contribution in [1.29, 1.82) is 0 Å². The summed E-state index contributed by atoms with van der Waals surface area (Å²) in [5.41, 5.74) is 0.946. The lowest BCUT2D eigenvalue weighted by Gasteiger charge is -2.15. The van der Waals surface area contributed by atoms with Gasteiger partial charge in [-0.3, -0.25) is 4.99 Å². The van der Waals surface area contributed by atoms with Gasteiger partial charge < -0.3 is 10.2 Å². The zero-order valence-electron chi connectivity index (χ0n) is 9.71. The first kappa shape index (κ1) is 12.2. The Morgan fingerprint density at radius 2 is 2.35 bits per heavy atom. The largest absolute Gasteiger partial charge is 0.356 e. The van der Waals surface area contributed by atoms with E-state index in [0.29, 0.717) is 5.02 Å². The van der Waals surface area contributed by atoms with Gasteiger partial charge >= 0.3 is 0 Å². The number of nitrogens with one attached hydrogen (secondary N) is 1. The Morgan fingerprint density at radius 1 is 1.53 bits per heavy atom. The highest BCUT2D eigenvalue weighted by Crippen LogP contribution is 2.17. The first-order valence-corrected chi connectivity index (χ1v) is 5.98. The number of hydrogen-bond donors (Lipinski definition) is 1. The molecule has 0 atom stereocenters. The minimum absolute atomic E-state index is 0.299. The second-order valence-electron chi connectivity index (χ2n) is 4.04. The van der Waals surface area contributed by atoms with E-state index in [1.807, 2.05) is 7.05 Å². The highest BCUT2D eigenvalue weighted by molar-refractivity contribution is 6.31. The van der Waals surface area contributed by atoms with Gasteiger partial charge in [0, 0.05) is 25.2 Å². The molecule has 0 saturated carbocycles. The number of hydrogen-bond acceptors (Lipinski definition) is 3. The van der Waals surface area contributed by atoms with E-state index in [1.165, 1.54) is 12.1 Å². The molecule has 5 heteroatoms. The molecule has 0 spiro atoms. The number of guanidine groups is 1. The Labute approximate surface area is 105 Å². The fourth-order valence-corrected chi connectivity index (χ4v) is 2.02. The van der Waals surface area contributed by atoms with E-state index in [9.17, 15) is 4.39 Å². The average molecular weight is 256 g/mol. The van der Waals surface area contributed by atoms with E-state index >= 15 is 0 Å². The molecule has 0 aromatic heterocycles. The molecule has 0 aliphatic carbocycles. The van der Waals surface area contributed by atoms with Crippen LogP contribution >= 0.6 is 11.6 Å². The number of benzene rings is 1. The summed E-state index contributed by atoms with van der Waals surface area (Å²) in [6.45, 7) is 2.55. The summed E-state index contributed by atoms with van der Waals surface area (Å²) in [6, 6.07) is 4.50. The van der Waals surface area contributed by atoms with Gasteiger partial charge in [0.1, 0.15) is 5.82 Å². The number of halogens is 2. The summed E-state index contributed by atoms with van der Waals surface area (Å²) in [7, 11) is 2.00. The topological polar surface area (TPSA) is 27.6 Å². The Kier molecular flexibility index (Phi) is 3.84. The number of likely N-dealkylation sites (N-methyl/N-ethyl adjacent to an activating group) is 1. The van der Waals surface area contributed by atoms with Crippen molar-refractivity contribution in [2.24, 2.45) is 4.99 Å². The second-order valence-corrected chi connectivity index (χ2v) is 4.45. The number of rotatable bonds is 3. The van der Waals surface area contributed by atoms with Crippen LogP contribution < -0.4 is 5.32 Å². The Balaban J connectivity index is 1.86. The lowest BCUT2D eigenvalue weighted by atomic mass is 10.1. The number of aliphatic imine (C=N–C) groups is 1. The maximum Gasteiger partial charge on any atom is 0.193 e. The van der Waals surface area contributed by atoms with E-state index < -0.39 is 0 Å². The van der Waals surface area contributed by atoms with Crippen LogP contribution in [-0.2, 0) is 6.42 Å². The van der Waals surface area contributed by atoms with Gasteiger partial charge in [-0.2, -0.15) is 0 Å². The second kappa shape index (κ2) is 5.36. The van der Waals surface area contributed by atoms with E-state index in [-0.39, 0.29) is 5.82 Å². The third kappa shape index (κ3) is 3.09. The van der Waals surface area contributed by atoms with Gasteiger partial charge in [0.2, 0.25) is 0 Å². The van der Waals surface area contributed by atoms with Crippen molar-refractivity contribution >= 4 is 17.6 Å². The highest BCUT2D eigenvalue weighted by Gasteiger charge is 2.11. The summed E-state index contributed by atoms with van der Waals surface area (Å²) in [6.07, 6.45) is 0.756. The third-order valence-corrected chi connectivity index (χ3v) is 3.10. The molecule has 92 valence electrons. The lowest BCUT2D eigenvalue weighted by Crippen LogP contribution is -2.36. The van der Waals surface area contributed by atoms with Crippen molar-refractivity contribution < 1.29 is 4.39 Å². The van der Waals surface area contributed by atoms with Gasteiger partial charge in [-0.25, -0.2) is 4.39 Å². The van der Waals surface area contributed by atoms with Gasteiger partial charge in [0.25, 0.3) is 0 Å². The zero-order valence-corrected chi connectivity index (χ0v) is 10.5. The van der Waals surface area contributed by atoms with E-state index in [2.05, 4.69) is 15.2 Å². The Bertz CT molecular complexity index is 434. The summed E-state index contributed by atoms with van der Waals surface area (Å²) in [5.74, 6) is 0.620. The fourth-order valence-electron chi connectivity index (χ4n) is 1.76. The van der Waals surface area contributed by atoms with Crippen LogP contribution in [0.15, 0.2) is 23.2 Å². The molecular weight excluding hydrogens is 241 g/mol. The smallest absolute Gasteiger partial charge is 0.193 e. The first-order valence-electron chi connectivity index (χ1n) is 5.60. The van der Waals surface area contributed by atoms with E-state index in [1.54, 1.807) is 6.07 Å². The predicted molar refractivity (Wildman–Crippen MR) is 68.0 cm³/mol. The van der Waals surface area contributed by atoms with Crippen LogP contribution in [-0.4, -0.2) is 37.5 Å². The Morgan fingerprint density at radius 3 is 3.00 bits per heavy atom. The molecule has 1 heterocycles. The summed E-state index contributed by atoms with van der Waals surface area (Å²) in [5, 5.41) is 3.73. The molecule has 0 fully saturated rings. The first-order chi connectivity index (χ1) is 8.16. The molecule has 0 bridgehead atoms. The van der Waals surface area contributed by atoms with Crippen molar-refractivity contribution in [3.63, 3.8) is 0 Å². The minimum atomic E-state index is -0.299. The van der Waals surface area contributed by atoms with Crippen molar-refractivity contribution in [2.45, 2.75) is 6.42 Å². The Hall–Kier alpha value is -1.29. The molecule has 1 aromatic rings. The molecule has 1 aromatic carbocycles. The minimum Gasteiger partial charge on any atom is -0.356 e. The van der Waals surface area contributed by atoms with Gasteiger partial charge in [-0.1, -0.05) is 17.7 Å². The molecule has 3 nitrogen and oxygen atoms in total. The van der Waals surface area contributed by atoms with Crippen LogP contribution in [0.4, 0.5) is 4.39 Å². The molecule has 0 amide bonds. The van der Waals surface area contributed by atoms with Gasteiger partial charge in [0.15, 0.2) is 5.96 Å². The summed E-state index contributed by atoms with van der Waals surface area (Å²) in [4.78, 5) is 6.40. The van der Waals surface area contributed by atoms with Crippen molar-refractivity contribution in [2.75, 3.05) is 26.7 Å². The average Bonchev–Trinajstić information content (AvgIpc) is 2.68. The van der Waals surface area contributed by atoms with E-state index in [0.717, 1.165) is 37.6 Å². The number of nitrogens with zero attached hydrogens (tertiary/aromatic N) is 2. The molecule has 1 aliphatic heterocycles. The highest BCUT2D eigenvalue weighted by atomic mass is 35.5. The molecular formula is C12H15ClFN3. The SMILES string of the molecule is CN1CCN=C1NCCc1ccc(F)cc1Cl. The zero-order chi connectivity index (χ0) is 12.3. The van der Waals surface area contributed by atoms with Crippen LogP contribution in [0.3, 0.4) is 0 Å². The molecule has 0 unspecified atom stereocenters. The van der Waals surface area contributed by atoms with Gasteiger partial charge in [0.05, 0.1) is 6.54 Å². The van der Waals surface area contributed by atoms with Crippen LogP contribution in [0.25, 0.3) is 0 Å². The predicted octanol–water partition coefficient (Wildman–Crippen LogP) is 1.91. The molecule has 1 N–H and O–H groups in total. The monoisotopic (exact) mass is 255 g/mol. The fraction of sp³-hybridized carbons (Fsp3) is 0.417. The van der Waals surface area contributed by atoms with Crippen LogP contribution in [0.1, 0.15) is 5.56 Å². The quantitative estimate of drug-likeness (QED) is 0.894. The van der Waals surface area contributed by atoms with Crippen LogP contribution in [0.5, 0.6) is 0 Å². The molecule has 2 rings (SSSR count). The molecule has 0 saturated heterocycles. The summed E-state index contributed by atoms with van der Waals surface area (Å²) >= 11 is 5.95. The third-order valence-electron chi connectivity index (χ3n) is 2.75. The normalized spacial score (nSPS) is 15.0. The summed E-state index contributed by atoms with van der Waals surface area (Å²) < 4.78 is 12.8. The lowest BCUT2D eigenvalue weighted by molar-refractivity contribution is 0.534. The molecule has 0 radical (unpaired) electrons. The maximum absolute atomic E-state index is 12.8. The van der Waals surface area contributed by atoms with Gasteiger partial charge in [-0.15, -0.1) is 0 Å². The van der Waals surface area contributed by atoms with E-state index in [4.69, 9.17) is 11.6 Å². The van der Waals surface area contributed by atoms with Crippen molar-refractivity contribution in [1.82, 2.24) is 10.2 Å². The molecule has 1 aliphatic rings.